The zero-order valence-corrected chi connectivity index (χ0v) is 18.8. The van der Waals surface area contributed by atoms with Crippen molar-refractivity contribution < 1.29 is 19.1 Å². The molecule has 31 heavy (non-hydrogen) atoms. The van der Waals surface area contributed by atoms with Gasteiger partial charge in [-0.05, 0) is 57.0 Å². The number of halogens is 2. The summed E-state index contributed by atoms with van der Waals surface area (Å²) in [4.78, 5) is 39.8. The van der Waals surface area contributed by atoms with Crippen molar-refractivity contribution in [1.29, 1.82) is 0 Å². The van der Waals surface area contributed by atoms with Crippen LogP contribution in [0, 0.1) is 0 Å². The largest absolute Gasteiger partial charge is 0.375 e. The van der Waals surface area contributed by atoms with E-state index in [1.807, 2.05) is 4.90 Å². The lowest BCUT2D eigenvalue weighted by Crippen LogP contribution is -2.49. The van der Waals surface area contributed by atoms with Crippen LogP contribution in [0.15, 0.2) is 18.2 Å². The van der Waals surface area contributed by atoms with Crippen molar-refractivity contribution in [1.82, 2.24) is 15.5 Å². The number of imide groups is 1. The molecule has 0 bridgehead atoms. The molecule has 0 spiro atoms. The minimum Gasteiger partial charge on any atom is -0.375 e. The van der Waals surface area contributed by atoms with Crippen LogP contribution in [0.4, 0.5) is 10.5 Å². The van der Waals surface area contributed by atoms with Crippen LogP contribution in [0.5, 0.6) is 0 Å². The molecule has 0 aromatic heterocycles. The van der Waals surface area contributed by atoms with E-state index in [4.69, 9.17) is 16.3 Å². The molecular weight excluding hydrogens is 443 g/mol. The first kappa shape index (κ1) is 23.8. The first-order chi connectivity index (χ1) is 14.5. The van der Waals surface area contributed by atoms with Gasteiger partial charge in [-0.1, -0.05) is 11.6 Å². The fraction of sp³-hybridized carbons (Fsp3) is 0.571. The maximum atomic E-state index is 13.0. The number of nitrogens with zero attached hydrogens (tertiary/aromatic N) is 2. The van der Waals surface area contributed by atoms with Crippen molar-refractivity contribution in [3.05, 3.63) is 28.8 Å². The van der Waals surface area contributed by atoms with Gasteiger partial charge in [-0.3, -0.25) is 19.8 Å². The van der Waals surface area contributed by atoms with Crippen LogP contribution in [0.1, 0.15) is 42.5 Å². The molecule has 8 nitrogen and oxygen atoms in total. The van der Waals surface area contributed by atoms with Crippen molar-refractivity contribution in [2.24, 2.45) is 0 Å². The van der Waals surface area contributed by atoms with Crippen molar-refractivity contribution >= 4 is 47.5 Å². The molecule has 4 rings (SSSR count). The number of hydrogen-bond donors (Lipinski definition) is 2. The Balaban J connectivity index is 0.00000272. The number of urea groups is 1. The number of anilines is 1. The van der Waals surface area contributed by atoms with Crippen LogP contribution in [-0.2, 0) is 9.53 Å². The highest BCUT2D eigenvalue weighted by Crippen LogP contribution is 2.29. The van der Waals surface area contributed by atoms with Crippen molar-refractivity contribution in [2.75, 3.05) is 37.6 Å². The lowest BCUT2D eigenvalue weighted by atomic mass is 10.0. The third-order valence-electron chi connectivity index (χ3n) is 5.94. The Hall–Kier alpha value is -1.87. The Morgan fingerprint density at radius 1 is 1.03 bits per heavy atom. The maximum Gasteiger partial charge on any atom is 0.328 e. The van der Waals surface area contributed by atoms with Gasteiger partial charge in [0.05, 0.1) is 22.9 Å². The molecule has 0 atom stereocenters. The number of likely N-dealkylation sites (tertiary alicyclic amines) is 1. The van der Waals surface area contributed by atoms with E-state index in [2.05, 4.69) is 10.6 Å². The minimum atomic E-state index is -0.520. The fourth-order valence-corrected chi connectivity index (χ4v) is 4.45. The average molecular weight is 471 g/mol. The van der Waals surface area contributed by atoms with Crippen LogP contribution in [0.3, 0.4) is 0 Å². The molecular formula is C21H28Cl2N4O4. The third-order valence-corrected chi connectivity index (χ3v) is 6.26. The first-order valence-electron chi connectivity index (χ1n) is 10.6. The minimum absolute atomic E-state index is 0. The monoisotopic (exact) mass is 470 g/mol. The van der Waals surface area contributed by atoms with E-state index in [-0.39, 0.29) is 43.3 Å². The number of piperidine rings is 2. The van der Waals surface area contributed by atoms with Gasteiger partial charge in [-0.2, -0.15) is 0 Å². The quantitative estimate of drug-likeness (QED) is 0.705. The molecule has 3 heterocycles. The topological polar surface area (TPSA) is 91.0 Å². The van der Waals surface area contributed by atoms with E-state index in [9.17, 15) is 14.4 Å². The number of carbonyl (C=O) groups excluding carboxylic acids is 3. The van der Waals surface area contributed by atoms with Crippen molar-refractivity contribution in [2.45, 2.75) is 44.3 Å². The van der Waals surface area contributed by atoms with Gasteiger partial charge in [-0.25, -0.2) is 4.79 Å². The van der Waals surface area contributed by atoms with E-state index in [0.29, 0.717) is 35.5 Å². The Morgan fingerprint density at radius 2 is 1.71 bits per heavy atom. The molecule has 0 radical (unpaired) electrons. The lowest BCUT2D eigenvalue weighted by Gasteiger charge is -2.35. The second-order valence-electron chi connectivity index (χ2n) is 8.00. The Bertz CT molecular complexity index is 824. The number of hydrogen-bond acceptors (Lipinski definition) is 5. The maximum absolute atomic E-state index is 13.0. The molecule has 3 fully saturated rings. The Kier molecular flexibility index (Phi) is 8.16. The van der Waals surface area contributed by atoms with Crippen LogP contribution < -0.4 is 15.5 Å². The zero-order chi connectivity index (χ0) is 21.1. The summed E-state index contributed by atoms with van der Waals surface area (Å²) in [6.45, 7) is 3.53. The number of benzene rings is 1. The lowest BCUT2D eigenvalue weighted by molar-refractivity contribution is -0.120. The highest BCUT2D eigenvalue weighted by molar-refractivity contribution is 6.34. The van der Waals surface area contributed by atoms with Crippen molar-refractivity contribution in [3.8, 4) is 0 Å². The molecule has 10 heteroatoms. The Labute approximate surface area is 193 Å². The summed E-state index contributed by atoms with van der Waals surface area (Å²) in [5, 5.41) is 5.99. The van der Waals surface area contributed by atoms with Gasteiger partial charge in [0, 0.05) is 31.6 Å². The van der Waals surface area contributed by atoms with Gasteiger partial charge < -0.3 is 15.0 Å². The van der Waals surface area contributed by atoms with E-state index < -0.39 is 6.03 Å². The molecule has 3 aliphatic rings. The predicted octanol–water partition coefficient (Wildman–Crippen LogP) is 2.58. The molecule has 4 amide bonds. The molecule has 3 aliphatic heterocycles. The average Bonchev–Trinajstić information content (AvgIpc) is 2.75. The molecule has 1 aromatic carbocycles. The smallest absolute Gasteiger partial charge is 0.328 e. The molecule has 2 N–H and O–H groups in total. The van der Waals surface area contributed by atoms with E-state index >= 15 is 0 Å². The van der Waals surface area contributed by atoms with E-state index in [1.54, 1.807) is 18.2 Å². The SMILES string of the molecule is Cl.O=C1CCN(c2cc(C(=O)N3CCC(OC4CCNCC4)CC3)ccc2Cl)C(=O)N1. The van der Waals surface area contributed by atoms with E-state index in [0.717, 1.165) is 38.8 Å². The van der Waals surface area contributed by atoms with E-state index in [1.165, 1.54) is 4.90 Å². The highest BCUT2D eigenvalue weighted by Gasteiger charge is 2.29. The summed E-state index contributed by atoms with van der Waals surface area (Å²) >= 11 is 6.28. The molecule has 0 aliphatic carbocycles. The third kappa shape index (κ3) is 5.68. The highest BCUT2D eigenvalue weighted by atomic mass is 35.5. The van der Waals surface area contributed by atoms with Crippen LogP contribution >= 0.6 is 24.0 Å². The van der Waals surface area contributed by atoms with Gasteiger partial charge in [0.2, 0.25) is 5.91 Å². The fourth-order valence-electron chi connectivity index (χ4n) is 4.23. The van der Waals surface area contributed by atoms with Crippen LogP contribution in [0.2, 0.25) is 5.02 Å². The molecule has 0 unspecified atom stereocenters. The number of ether oxygens (including phenoxy) is 1. The predicted molar refractivity (Wildman–Crippen MR) is 120 cm³/mol. The van der Waals surface area contributed by atoms with Gasteiger partial charge in [0.25, 0.3) is 5.91 Å². The van der Waals surface area contributed by atoms with Gasteiger partial charge in [0.1, 0.15) is 0 Å². The zero-order valence-electron chi connectivity index (χ0n) is 17.3. The van der Waals surface area contributed by atoms with Gasteiger partial charge in [0.15, 0.2) is 0 Å². The molecule has 0 saturated carbocycles. The summed E-state index contributed by atoms with van der Waals surface area (Å²) in [6.07, 6.45) is 4.46. The van der Waals surface area contributed by atoms with Crippen LogP contribution in [-0.4, -0.2) is 67.7 Å². The first-order valence-corrected chi connectivity index (χ1v) is 11.0. The van der Waals surface area contributed by atoms with Gasteiger partial charge in [-0.15, -0.1) is 12.4 Å². The number of nitrogens with one attached hydrogen (secondary N) is 2. The number of carbonyl (C=O) groups is 3. The second kappa shape index (κ2) is 10.6. The molecule has 3 saturated heterocycles. The molecule has 170 valence electrons. The second-order valence-corrected chi connectivity index (χ2v) is 8.41. The standard InChI is InChI=1S/C21H27ClN4O4.ClH/c22-17-2-1-14(13-18(17)26-12-7-19(27)24-21(26)29)20(28)25-10-5-16(6-11-25)30-15-3-8-23-9-4-15;/h1-2,13,15-16,23H,3-12H2,(H,24,27,29);1H. The normalized spacial score (nSPS) is 20.9. The number of rotatable bonds is 4. The number of amides is 4. The van der Waals surface area contributed by atoms with Crippen molar-refractivity contribution in [3.63, 3.8) is 0 Å². The Morgan fingerprint density at radius 3 is 2.39 bits per heavy atom. The summed E-state index contributed by atoms with van der Waals surface area (Å²) in [5.74, 6) is -0.393. The summed E-state index contributed by atoms with van der Waals surface area (Å²) < 4.78 is 6.23. The summed E-state index contributed by atoms with van der Waals surface area (Å²) in [6, 6.07) is 4.42. The molecule has 1 aromatic rings. The van der Waals surface area contributed by atoms with Gasteiger partial charge >= 0.3 is 6.03 Å². The summed E-state index contributed by atoms with van der Waals surface area (Å²) in [5.41, 5.74) is 0.925. The summed E-state index contributed by atoms with van der Waals surface area (Å²) in [7, 11) is 0. The van der Waals surface area contributed by atoms with Crippen LogP contribution in [0.25, 0.3) is 0 Å².